The largest absolute Gasteiger partial charge is 0.507 e. The molecule has 1 amide bonds. The fourth-order valence-electron chi connectivity index (χ4n) is 3.24. The molecular formula is C17H17FN6O8S. The Kier molecular flexibility index (Phi) is 5.85. The van der Waals surface area contributed by atoms with Crippen LogP contribution in [0.1, 0.15) is 16.6 Å². The third-order valence-corrected chi connectivity index (χ3v) is 5.70. The Morgan fingerprint density at radius 2 is 2.03 bits per heavy atom. The number of hydrogen-bond donors (Lipinski definition) is 5. The van der Waals surface area contributed by atoms with Crippen molar-refractivity contribution in [3.8, 4) is 5.75 Å². The van der Waals surface area contributed by atoms with Crippen LogP contribution in [0.15, 0.2) is 30.9 Å². The van der Waals surface area contributed by atoms with E-state index in [1.807, 2.05) is 0 Å². The number of carbonyl (C=O) groups excluding carboxylic acids is 1. The molecule has 0 saturated carbocycles. The fraction of sp³-hybridized carbons (Fsp3) is 0.294. The van der Waals surface area contributed by atoms with Gasteiger partial charge in [-0.25, -0.2) is 24.1 Å². The first-order valence-electron chi connectivity index (χ1n) is 9.22. The van der Waals surface area contributed by atoms with Gasteiger partial charge in [-0.15, -0.1) is 0 Å². The number of amides is 1. The van der Waals surface area contributed by atoms with E-state index in [0.717, 1.165) is 24.5 Å². The third-order valence-electron chi connectivity index (χ3n) is 4.82. The number of halogens is 1. The molecular weight excluding hydrogens is 467 g/mol. The number of nitrogen functional groups attached to an aromatic ring is 1. The standard InChI is InChI=1S/C17H17FN6O8S/c18-7-2-1-3-8(25)10(7)16(28)23-33(29,30)31-4-9-12(26)13(27)17(32-9)24-6-22-11-14(19)20-5-21-15(11)24/h1-3,5-6,9,12-13,17,25-27H,4H2,(H,23,28)(H2,19,20,21)/t9?,12-,13-,17?/m1/s1. The Bertz CT molecular complexity index is 1300. The topological polar surface area (TPSA) is 212 Å². The van der Waals surface area contributed by atoms with E-state index in [2.05, 4.69) is 19.1 Å². The van der Waals surface area contributed by atoms with E-state index in [9.17, 15) is 32.9 Å². The van der Waals surface area contributed by atoms with Crippen LogP contribution >= 0.6 is 0 Å². The summed E-state index contributed by atoms with van der Waals surface area (Å²) in [5.74, 6) is -3.33. The molecule has 3 heterocycles. The van der Waals surface area contributed by atoms with Gasteiger partial charge in [0.25, 0.3) is 5.91 Å². The van der Waals surface area contributed by atoms with Crippen LogP contribution in [-0.4, -0.2) is 74.1 Å². The van der Waals surface area contributed by atoms with E-state index in [1.54, 1.807) is 0 Å². The number of rotatable bonds is 6. The molecule has 1 fully saturated rings. The molecule has 0 radical (unpaired) electrons. The summed E-state index contributed by atoms with van der Waals surface area (Å²) >= 11 is 0. The van der Waals surface area contributed by atoms with Crippen molar-refractivity contribution in [2.24, 2.45) is 0 Å². The van der Waals surface area contributed by atoms with E-state index in [0.29, 0.717) is 0 Å². The first kappa shape index (κ1) is 22.7. The predicted molar refractivity (Wildman–Crippen MR) is 106 cm³/mol. The van der Waals surface area contributed by atoms with Crippen LogP contribution in [0.4, 0.5) is 10.2 Å². The van der Waals surface area contributed by atoms with Gasteiger partial charge in [0.2, 0.25) is 0 Å². The molecule has 0 bridgehead atoms. The van der Waals surface area contributed by atoms with Crippen molar-refractivity contribution in [2.75, 3.05) is 12.3 Å². The molecule has 2 aromatic heterocycles. The third kappa shape index (κ3) is 4.29. The Morgan fingerprint density at radius 1 is 1.27 bits per heavy atom. The van der Waals surface area contributed by atoms with Crippen LogP contribution in [0.2, 0.25) is 0 Å². The average Bonchev–Trinajstić information content (AvgIpc) is 3.29. The minimum absolute atomic E-state index is 0.0781. The highest BCUT2D eigenvalue weighted by Gasteiger charge is 2.45. The summed E-state index contributed by atoms with van der Waals surface area (Å²) in [6, 6.07) is 2.97. The minimum Gasteiger partial charge on any atom is -0.507 e. The summed E-state index contributed by atoms with van der Waals surface area (Å²) in [5.41, 5.74) is 5.24. The van der Waals surface area contributed by atoms with Crippen molar-refractivity contribution in [2.45, 2.75) is 24.5 Å². The number of imidazole rings is 1. The van der Waals surface area contributed by atoms with E-state index in [4.69, 9.17) is 10.5 Å². The average molecular weight is 484 g/mol. The van der Waals surface area contributed by atoms with Crippen LogP contribution in [0.25, 0.3) is 11.2 Å². The number of aliphatic hydroxyl groups excluding tert-OH is 2. The lowest BCUT2D eigenvalue weighted by molar-refractivity contribution is -0.0468. The van der Waals surface area contributed by atoms with Gasteiger partial charge in [-0.05, 0) is 12.1 Å². The van der Waals surface area contributed by atoms with Gasteiger partial charge in [0.1, 0.15) is 47.3 Å². The molecule has 1 saturated heterocycles. The number of carbonyl (C=O) groups is 1. The summed E-state index contributed by atoms with van der Waals surface area (Å²) in [4.78, 5) is 23.9. The number of phenolic OH excluding ortho intramolecular Hbond substituents is 1. The molecule has 1 aromatic carbocycles. The molecule has 4 atom stereocenters. The molecule has 14 nitrogen and oxygen atoms in total. The molecule has 6 N–H and O–H groups in total. The van der Waals surface area contributed by atoms with Gasteiger partial charge in [0.05, 0.1) is 12.9 Å². The van der Waals surface area contributed by atoms with Gasteiger partial charge in [0, 0.05) is 0 Å². The number of nitrogens with one attached hydrogen (secondary N) is 1. The van der Waals surface area contributed by atoms with Crippen molar-refractivity contribution in [1.82, 2.24) is 24.2 Å². The first-order chi connectivity index (χ1) is 15.6. The van der Waals surface area contributed by atoms with Crippen LogP contribution in [0.3, 0.4) is 0 Å². The summed E-state index contributed by atoms with van der Waals surface area (Å²) in [6.07, 6.45) is -3.28. The zero-order valence-electron chi connectivity index (χ0n) is 16.4. The smallest absolute Gasteiger partial charge is 0.362 e. The van der Waals surface area contributed by atoms with Crippen molar-refractivity contribution in [3.63, 3.8) is 0 Å². The maximum absolute atomic E-state index is 13.8. The number of aliphatic hydroxyl groups is 2. The Hall–Kier alpha value is -3.44. The zero-order chi connectivity index (χ0) is 23.9. The van der Waals surface area contributed by atoms with Crippen LogP contribution < -0.4 is 10.5 Å². The number of ether oxygens (including phenoxy) is 1. The van der Waals surface area contributed by atoms with Gasteiger partial charge < -0.3 is 25.8 Å². The summed E-state index contributed by atoms with van der Waals surface area (Å²) in [7, 11) is -4.81. The second-order valence-corrected chi connectivity index (χ2v) is 8.28. The molecule has 33 heavy (non-hydrogen) atoms. The molecule has 1 aliphatic heterocycles. The first-order valence-corrected chi connectivity index (χ1v) is 10.6. The lowest BCUT2D eigenvalue weighted by atomic mass is 10.1. The number of nitrogens with two attached hydrogens (primary N) is 1. The van der Waals surface area contributed by atoms with Crippen LogP contribution in [-0.2, 0) is 19.2 Å². The maximum atomic E-state index is 13.8. The van der Waals surface area contributed by atoms with E-state index in [-0.39, 0.29) is 17.0 Å². The van der Waals surface area contributed by atoms with Gasteiger partial charge >= 0.3 is 10.3 Å². The van der Waals surface area contributed by atoms with E-state index < -0.39 is 64.5 Å². The SMILES string of the molecule is Nc1ncnc2c1ncn2C1OC(COS(=O)(=O)NC(=O)c2c(O)cccc2F)[C@@H](O)[C@H]1O. The van der Waals surface area contributed by atoms with Crippen molar-refractivity contribution in [3.05, 3.63) is 42.2 Å². The summed E-state index contributed by atoms with van der Waals surface area (Å²) < 4.78 is 50.8. The molecule has 16 heteroatoms. The Balaban J connectivity index is 1.45. The number of benzene rings is 1. The van der Waals surface area contributed by atoms with Crippen molar-refractivity contribution in [1.29, 1.82) is 0 Å². The Labute approximate surface area is 184 Å². The number of anilines is 1. The molecule has 0 spiro atoms. The number of aromatic nitrogens is 4. The summed E-state index contributed by atoms with van der Waals surface area (Å²) in [6.45, 7) is -0.815. The minimum atomic E-state index is -4.81. The molecule has 1 aliphatic rings. The molecule has 3 aromatic rings. The predicted octanol–water partition coefficient (Wildman–Crippen LogP) is -1.44. The number of nitrogens with zero attached hydrogens (tertiary/aromatic N) is 4. The molecule has 2 unspecified atom stereocenters. The number of phenols is 1. The van der Waals surface area contributed by atoms with Gasteiger partial charge in [-0.1, -0.05) is 6.07 Å². The van der Waals surface area contributed by atoms with Crippen LogP contribution in [0, 0.1) is 5.82 Å². The van der Waals surface area contributed by atoms with E-state index >= 15 is 0 Å². The van der Waals surface area contributed by atoms with Crippen LogP contribution in [0.5, 0.6) is 5.75 Å². The zero-order valence-corrected chi connectivity index (χ0v) is 17.3. The second kappa shape index (κ2) is 8.49. The number of hydrogen-bond acceptors (Lipinski definition) is 12. The van der Waals surface area contributed by atoms with Gasteiger partial charge in [-0.3, -0.25) is 13.5 Å². The van der Waals surface area contributed by atoms with Gasteiger partial charge in [-0.2, -0.15) is 8.42 Å². The lowest BCUT2D eigenvalue weighted by Crippen LogP contribution is -2.38. The monoisotopic (exact) mass is 484 g/mol. The number of aromatic hydroxyl groups is 1. The second-order valence-electron chi connectivity index (χ2n) is 6.93. The maximum Gasteiger partial charge on any atom is 0.362 e. The number of fused-ring (bicyclic) bond motifs is 1. The normalized spacial score (nSPS) is 23.1. The van der Waals surface area contributed by atoms with Gasteiger partial charge in [0.15, 0.2) is 17.7 Å². The molecule has 0 aliphatic carbocycles. The lowest BCUT2D eigenvalue weighted by Gasteiger charge is -2.16. The summed E-state index contributed by atoms with van der Waals surface area (Å²) in [5, 5.41) is 30.2. The van der Waals surface area contributed by atoms with E-state index in [1.165, 1.54) is 15.6 Å². The Morgan fingerprint density at radius 3 is 2.76 bits per heavy atom. The highest BCUT2D eigenvalue weighted by atomic mass is 32.2. The highest BCUT2D eigenvalue weighted by Crippen LogP contribution is 2.32. The fourth-order valence-corrected chi connectivity index (χ4v) is 3.94. The van der Waals surface area contributed by atoms with Crippen molar-refractivity contribution >= 4 is 33.2 Å². The van der Waals surface area contributed by atoms with Crippen molar-refractivity contribution < 1.29 is 41.8 Å². The highest BCUT2D eigenvalue weighted by molar-refractivity contribution is 7.85. The molecule has 176 valence electrons. The quantitative estimate of drug-likeness (QED) is 0.272. The molecule has 4 rings (SSSR count).